The van der Waals surface area contributed by atoms with Crippen molar-refractivity contribution in [2.45, 2.75) is 12.5 Å². The molecule has 1 saturated heterocycles. The van der Waals surface area contributed by atoms with Crippen molar-refractivity contribution in [1.82, 2.24) is 10.6 Å². The largest absolute Gasteiger partial charge is 0.493 e. The highest BCUT2D eigenvalue weighted by molar-refractivity contribution is 7.92. The van der Waals surface area contributed by atoms with Crippen LogP contribution in [0.4, 0.5) is 5.69 Å². The van der Waals surface area contributed by atoms with Gasteiger partial charge in [0.1, 0.15) is 0 Å². The number of hydrogen-bond donors (Lipinski definition) is 3. The number of hydrogen-bond acceptors (Lipinski definition) is 6. The quantitative estimate of drug-likeness (QED) is 0.668. The number of ether oxygens (including phenoxy) is 2. The van der Waals surface area contributed by atoms with Crippen molar-refractivity contribution in [1.29, 1.82) is 0 Å². The van der Waals surface area contributed by atoms with Gasteiger partial charge < -0.3 is 20.1 Å². The minimum absolute atomic E-state index is 0. The molecule has 1 heterocycles. The van der Waals surface area contributed by atoms with Gasteiger partial charge >= 0.3 is 0 Å². The smallest absolute Gasteiger partial charge is 0.251 e. The van der Waals surface area contributed by atoms with Crippen LogP contribution in [0.15, 0.2) is 12.1 Å². The fourth-order valence-corrected chi connectivity index (χ4v) is 2.97. The summed E-state index contributed by atoms with van der Waals surface area (Å²) < 4.78 is 35.8. The summed E-state index contributed by atoms with van der Waals surface area (Å²) in [5.74, 6) is 0.198. The molecule has 1 fully saturated rings. The number of sulfonamides is 1. The van der Waals surface area contributed by atoms with Gasteiger partial charge in [0, 0.05) is 18.2 Å². The van der Waals surface area contributed by atoms with Crippen LogP contribution in [0.25, 0.3) is 0 Å². The van der Waals surface area contributed by atoms with Crippen LogP contribution in [-0.4, -0.2) is 53.9 Å². The molecule has 1 aromatic rings. The Morgan fingerprint density at radius 1 is 1.29 bits per heavy atom. The molecule has 136 valence electrons. The van der Waals surface area contributed by atoms with Gasteiger partial charge in [-0.05, 0) is 25.1 Å². The SMILES string of the molecule is COc1cc(C(=O)NC2CCNC2)cc(NS(C)(=O)=O)c1OC.Cl. The first-order valence-electron chi connectivity index (χ1n) is 7.09. The molecule has 0 saturated carbocycles. The second kappa shape index (κ2) is 8.41. The molecule has 24 heavy (non-hydrogen) atoms. The van der Waals surface area contributed by atoms with Gasteiger partial charge in [-0.1, -0.05) is 0 Å². The van der Waals surface area contributed by atoms with Crippen molar-refractivity contribution in [3.05, 3.63) is 17.7 Å². The Kier molecular flexibility index (Phi) is 7.12. The van der Waals surface area contributed by atoms with Crippen LogP contribution < -0.4 is 24.8 Å². The van der Waals surface area contributed by atoms with Gasteiger partial charge in [-0.3, -0.25) is 9.52 Å². The average molecular weight is 380 g/mol. The number of rotatable bonds is 6. The molecule has 2 rings (SSSR count). The lowest BCUT2D eigenvalue weighted by molar-refractivity contribution is 0.0939. The Morgan fingerprint density at radius 3 is 2.50 bits per heavy atom. The Hall–Kier alpha value is -1.71. The number of carbonyl (C=O) groups is 1. The van der Waals surface area contributed by atoms with Crippen molar-refractivity contribution < 1.29 is 22.7 Å². The maximum absolute atomic E-state index is 12.4. The van der Waals surface area contributed by atoms with Crippen molar-refractivity contribution >= 4 is 34.0 Å². The number of amides is 1. The molecule has 1 aliphatic heterocycles. The zero-order valence-corrected chi connectivity index (χ0v) is 15.3. The monoisotopic (exact) mass is 379 g/mol. The summed E-state index contributed by atoms with van der Waals surface area (Å²) in [4.78, 5) is 12.4. The zero-order chi connectivity index (χ0) is 17.0. The van der Waals surface area contributed by atoms with E-state index in [1.165, 1.54) is 26.4 Å². The first kappa shape index (κ1) is 20.3. The summed E-state index contributed by atoms with van der Waals surface area (Å²) in [6, 6.07) is 3.01. The first-order chi connectivity index (χ1) is 10.8. The number of benzene rings is 1. The van der Waals surface area contributed by atoms with Crippen LogP contribution in [0.2, 0.25) is 0 Å². The van der Waals surface area contributed by atoms with Crippen molar-refractivity contribution in [2.24, 2.45) is 0 Å². The minimum Gasteiger partial charge on any atom is -0.493 e. The summed E-state index contributed by atoms with van der Waals surface area (Å²) in [6.45, 7) is 1.57. The van der Waals surface area contributed by atoms with Gasteiger partial charge in [0.2, 0.25) is 10.0 Å². The predicted molar refractivity (Wildman–Crippen MR) is 94.0 cm³/mol. The van der Waals surface area contributed by atoms with E-state index in [1.807, 2.05) is 0 Å². The van der Waals surface area contributed by atoms with Gasteiger partial charge in [0.05, 0.1) is 26.2 Å². The van der Waals surface area contributed by atoms with E-state index in [9.17, 15) is 13.2 Å². The highest BCUT2D eigenvalue weighted by Gasteiger charge is 2.21. The summed E-state index contributed by atoms with van der Waals surface area (Å²) in [7, 11) is -0.707. The summed E-state index contributed by atoms with van der Waals surface area (Å²) in [6.07, 6.45) is 1.88. The molecule has 0 aliphatic carbocycles. The third-order valence-corrected chi connectivity index (χ3v) is 4.02. The van der Waals surface area contributed by atoms with E-state index in [-0.39, 0.29) is 41.5 Å². The third kappa shape index (κ3) is 5.15. The van der Waals surface area contributed by atoms with Crippen LogP contribution in [0.1, 0.15) is 16.8 Å². The highest BCUT2D eigenvalue weighted by atomic mass is 35.5. The highest BCUT2D eigenvalue weighted by Crippen LogP contribution is 2.37. The molecule has 10 heteroatoms. The van der Waals surface area contributed by atoms with E-state index in [1.54, 1.807) is 0 Å². The first-order valence-corrected chi connectivity index (χ1v) is 8.98. The lowest BCUT2D eigenvalue weighted by Gasteiger charge is -2.17. The van der Waals surface area contributed by atoms with Crippen molar-refractivity contribution in [2.75, 3.05) is 38.3 Å². The van der Waals surface area contributed by atoms with Gasteiger partial charge in [-0.15, -0.1) is 12.4 Å². The van der Waals surface area contributed by atoms with E-state index in [4.69, 9.17) is 9.47 Å². The fraction of sp³-hybridized carbons (Fsp3) is 0.500. The number of methoxy groups -OCH3 is 2. The normalized spacial score (nSPS) is 16.9. The molecule has 0 bridgehead atoms. The molecule has 1 amide bonds. The Morgan fingerprint density at radius 2 is 2.00 bits per heavy atom. The topological polar surface area (TPSA) is 106 Å². The number of halogens is 1. The van der Waals surface area contributed by atoms with E-state index in [0.29, 0.717) is 12.1 Å². The summed E-state index contributed by atoms with van der Waals surface area (Å²) in [5.41, 5.74) is 0.449. The molecular weight excluding hydrogens is 358 g/mol. The summed E-state index contributed by atoms with van der Waals surface area (Å²) >= 11 is 0. The van der Waals surface area contributed by atoms with Crippen LogP contribution >= 0.6 is 12.4 Å². The second-order valence-corrected chi connectivity index (χ2v) is 7.05. The van der Waals surface area contributed by atoms with Crippen molar-refractivity contribution in [3.8, 4) is 11.5 Å². The van der Waals surface area contributed by atoms with Crippen LogP contribution in [-0.2, 0) is 10.0 Å². The molecule has 0 spiro atoms. The van der Waals surface area contributed by atoms with E-state index >= 15 is 0 Å². The van der Waals surface area contributed by atoms with Crippen LogP contribution in [0, 0.1) is 0 Å². The van der Waals surface area contributed by atoms with Gasteiger partial charge in [0.25, 0.3) is 5.91 Å². The average Bonchev–Trinajstić information content (AvgIpc) is 2.97. The molecule has 1 aliphatic rings. The maximum Gasteiger partial charge on any atom is 0.251 e. The van der Waals surface area contributed by atoms with Crippen molar-refractivity contribution in [3.63, 3.8) is 0 Å². The lowest BCUT2D eigenvalue weighted by Crippen LogP contribution is -2.36. The van der Waals surface area contributed by atoms with Gasteiger partial charge in [-0.2, -0.15) is 0 Å². The third-order valence-electron chi connectivity index (χ3n) is 3.43. The molecule has 1 atom stereocenters. The van der Waals surface area contributed by atoms with Gasteiger partial charge in [0.15, 0.2) is 11.5 Å². The maximum atomic E-state index is 12.4. The van der Waals surface area contributed by atoms with Crippen LogP contribution in [0.5, 0.6) is 11.5 Å². The Bertz CT molecular complexity index is 690. The number of carbonyl (C=O) groups excluding carboxylic acids is 1. The molecule has 0 aromatic heterocycles. The lowest BCUT2D eigenvalue weighted by atomic mass is 10.1. The molecule has 0 radical (unpaired) electrons. The predicted octanol–water partition coefficient (Wildman–Crippen LogP) is 0.589. The molecule has 3 N–H and O–H groups in total. The Balaban J connectivity index is 0.00000288. The zero-order valence-electron chi connectivity index (χ0n) is 13.7. The van der Waals surface area contributed by atoms with Crippen LogP contribution in [0.3, 0.4) is 0 Å². The summed E-state index contributed by atoms with van der Waals surface area (Å²) in [5, 5.41) is 6.06. The molecule has 8 nitrogen and oxygen atoms in total. The molecule has 1 aromatic carbocycles. The molecule has 1 unspecified atom stereocenters. The standard InChI is InChI=1S/C14H21N3O5S.ClH/c1-21-12-7-9(14(18)16-10-4-5-15-8-10)6-11(13(12)22-2)17-23(3,19)20;/h6-7,10,15,17H,4-5,8H2,1-3H3,(H,16,18);1H. The Labute approximate surface area is 147 Å². The van der Waals surface area contributed by atoms with Gasteiger partial charge in [-0.25, -0.2) is 8.42 Å². The van der Waals surface area contributed by atoms with E-state index in [0.717, 1.165) is 19.2 Å². The van der Waals surface area contributed by atoms with E-state index in [2.05, 4.69) is 15.4 Å². The number of anilines is 1. The van der Waals surface area contributed by atoms with E-state index < -0.39 is 10.0 Å². The second-order valence-electron chi connectivity index (χ2n) is 5.30. The molecular formula is C14H22ClN3O5S. The minimum atomic E-state index is -3.53. The fourth-order valence-electron chi connectivity index (χ4n) is 2.42. The number of nitrogens with one attached hydrogen (secondary N) is 3.